The summed E-state index contributed by atoms with van der Waals surface area (Å²) < 4.78 is 0. The maximum absolute atomic E-state index is 3.44. The van der Waals surface area contributed by atoms with E-state index in [0.29, 0.717) is 5.41 Å². The molecule has 0 aliphatic carbocycles. The summed E-state index contributed by atoms with van der Waals surface area (Å²) in [6.45, 7) is 11.5. The Hall–Kier alpha value is -0.820. The van der Waals surface area contributed by atoms with Crippen LogP contribution >= 0.6 is 0 Å². The molecule has 88 valence electrons. The minimum absolute atomic E-state index is 0.499. The van der Waals surface area contributed by atoms with Gasteiger partial charge in [-0.25, -0.2) is 0 Å². The first-order valence-electron chi connectivity index (χ1n) is 6.30. The molecule has 1 heteroatoms. The first kappa shape index (κ1) is 11.7. The van der Waals surface area contributed by atoms with Crippen LogP contribution in [0.3, 0.4) is 0 Å². The zero-order chi connectivity index (χ0) is 11.8. The molecular formula is C15H23N. The maximum Gasteiger partial charge on any atom is 0.00259 e. The number of nitrogens with one attached hydrogen (secondary N) is 1. The summed E-state index contributed by atoms with van der Waals surface area (Å²) in [4.78, 5) is 0. The Morgan fingerprint density at radius 2 is 1.94 bits per heavy atom. The second-order valence-corrected chi connectivity index (χ2v) is 5.73. The fourth-order valence-corrected chi connectivity index (χ4v) is 2.55. The van der Waals surface area contributed by atoms with Crippen molar-refractivity contribution in [2.75, 3.05) is 13.1 Å². The second-order valence-electron chi connectivity index (χ2n) is 5.73. The summed E-state index contributed by atoms with van der Waals surface area (Å²) >= 11 is 0. The number of rotatable bonds is 3. The molecule has 0 unspecified atom stereocenters. The van der Waals surface area contributed by atoms with E-state index in [9.17, 15) is 0 Å². The summed E-state index contributed by atoms with van der Waals surface area (Å²) in [5.41, 5.74) is 4.86. The molecule has 1 aliphatic heterocycles. The largest absolute Gasteiger partial charge is 0.315 e. The van der Waals surface area contributed by atoms with Crippen LogP contribution in [0.4, 0.5) is 0 Å². The molecule has 0 bridgehead atoms. The van der Waals surface area contributed by atoms with Crippen LogP contribution in [0.5, 0.6) is 0 Å². The van der Waals surface area contributed by atoms with Crippen molar-refractivity contribution in [2.45, 2.75) is 34.1 Å². The molecule has 0 saturated carbocycles. The molecule has 2 rings (SSSR count). The fraction of sp³-hybridized carbons (Fsp3) is 0.600. The Bertz CT molecular complexity index is 375. The van der Waals surface area contributed by atoms with Crippen LogP contribution in [0.15, 0.2) is 18.2 Å². The molecule has 16 heavy (non-hydrogen) atoms. The number of aryl methyl sites for hydroxylation is 2. The normalized spacial score (nSPS) is 18.6. The molecule has 0 amide bonds. The lowest BCUT2D eigenvalue weighted by atomic mass is 9.68. The summed E-state index contributed by atoms with van der Waals surface area (Å²) in [7, 11) is 0. The highest BCUT2D eigenvalue weighted by molar-refractivity contribution is 5.32. The minimum Gasteiger partial charge on any atom is -0.315 e. The van der Waals surface area contributed by atoms with Gasteiger partial charge in [0.25, 0.3) is 0 Å². The van der Waals surface area contributed by atoms with E-state index < -0.39 is 0 Å². The van der Waals surface area contributed by atoms with Crippen molar-refractivity contribution >= 4 is 0 Å². The molecule has 1 nitrogen and oxygen atoms in total. The molecule has 1 saturated heterocycles. The Balaban J connectivity index is 2.22. The van der Waals surface area contributed by atoms with Gasteiger partial charge in [0.1, 0.15) is 0 Å². The van der Waals surface area contributed by atoms with E-state index in [2.05, 4.69) is 51.2 Å². The molecule has 0 spiro atoms. The maximum atomic E-state index is 3.44. The van der Waals surface area contributed by atoms with Crippen molar-refractivity contribution in [1.29, 1.82) is 0 Å². The lowest BCUT2D eigenvalue weighted by Gasteiger charge is -2.46. The van der Waals surface area contributed by atoms with Crippen LogP contribution in [0.1, 0.15) is 30.5 Å². The summed E-state index contributed by atoms with van der Waals surface area (Å²) in [5.74, 6) is 0.758. The highest BCUT2D eigenvalue weighted by Crippen LogP contribution is 2.36. The van der Waals surface area contributed by atoms with Crippen LogP contribution in [0, 0.1) is 25.2 Å². The zero-order valence-electron chi connectivity index (χ0n) is 10.9. The molecule has 1 aliphatic rings. The predicted molar refractivity (Wildman–Crippen MR) is 69.8 cm³/mol. The van der Waals surface area contributed by atoms with Crippen LogP contribution < -0.4 is 5.32 Å². The Kier molecular flexibility index (Phi) is 3.07. The van der Waals surface area contributed by atoms with Gasteiger partial charge in [-0.15, -0.1) is 0 Å². The SMILES string of the molecule is Cc1ccc(C)c(CC2(C(C)C)CNC2)c1. The van der Waals surface area contributed by atoms with E-state index in [1.165, 1.54) is 36.2 Å². The quantitative estimate of drug-likeness (QED) is 0.820. The molecular weight excluding hydrogens is 194 g/mol. The van der Waals surface area contributed by atoms with Gasteiger partial charge >= 0.3 is 0 Å². The average molecular weight is 217 g/mol. The van der Waals surface area contributed by atoms with Crippen LogP contribution in [-0.4, -0.2) is 13.1 Å². The van der Waals surface area contributed by atoms with E-state index in [-0.39, 0.29) is 0 Å². The molecule has 1 aromatic carbocycles. The van der Waals surface area contributed by atoms with E-state index in [1.54, 1.807) is 0 Å². The van der Waals surface area contributed by atoms with Gasteiger partial charge in [-0.3, -0.25) is 0 Å². The van der Waals surface area contributed by atoms with Gasteiger partial charge in [-0.2, -0.15) is 0 Å². The molecule has 0 aromatic heterocycles. The second kappa shape index (κ2) is 4.21. The summed E-state index contributed by atoms with van der Waals surface area (Å²) in [5, 5.41) is 3.44. The Morgan fingerprint density at radius 1 is 1.25 bits per heavy atom. The molecule has 0 radical (unpaired) electrons. The summed E-state index contributed by atoms with van der Waals surface area (Å²) in [6.07, 6.45) is 1.23. The van der Waals surface area contributed by atoms with Crippen LogP contribution in [-0.2, 0) is 6.42 Å². The van der Waals surface area contributed by atoms with Gasteiger partial charge in [-0.05, 0) is 37.3 Å². The van der Waals surface area contributed by atoms with Crippen molar-refractivity contribution in [3.8, 4) is 0 Å². The van der Waals surface area contributed by atoms with Gasteiger partial charge in [0.15, 0.2) is 0 Å². The van der Waals surface area contributed by atoms with E-state index >= 15 is 0 Å². The average Bonchev–Trinajstić information content (AvgIpc) is 2.16. The van der Waals surface area contributed by atoms with E-state index in [4.69, 9.17) is 0 Å². The molecule has 1 heterocycles. The van der Waals surface area contributed by atoms with Crippen LogP contribution in [0.25, 0.3) is 0 Å². The lowest BCUT2D eigenvalue weighted by Crippen LogP contribution is -2.57. The molecule has 1 N–H and O–H groups in total. The summed E-state index contributed by atoms with van der Waals surface area (Å²) in [6, 6.07) is 6.82. The molecule has 0 atom stereocenters. The first-order chi connectivity index (χ1) is 7.53. The van der Waals surface area contributed by atoms with Crippen molar-refractivity contribution in [1.82, 2.24) is 5.32 Å². The Labute approximate surface area is 99.3 Å². The predicted octanol–water partition coefficient (Wildman–Crippen LogP) is 3.09. The van der Waals surface area contributed by atoms with Crippen molar-refractivity contribution in [3.63, 3.8) is 0 Å². The van der Waals surface area contributed by atoms with Gasteiger partial charge in [-0.1, -0.05) is 37.6 Å². The van der Waals surface area contributed by atoms with Crippen molar-refractivity contribution in [2.24, 2.45) is 11.3 Å². The topological polar surface area (TPSA) is 12.0 Å². The highest BCUT2D eigenvalue weighted by atomic mass is 15.0. The molecule has 1 fully saturated rings. The smallest absolute Gasteiger partial charge is 0.00259 e. The Morgan fingerprint density at radius 3 is 2.44 bits per heavy atom. The standard InChI is InChI=1S/C15H23N/c1-11(2)15(9-16-10-15)8-14-7-12(3)5-6-13(14)4/h5-7,11,16H,8-10H2,1-4H3. The third-order valence-corrected chi connectivity index (χ3v) is 4.23. The number of hydrogen-bond donors (Lipinski definition) is 1. The van der Waals surface area contributed by atoms with Gasteiger partial charge < -0.3 is 5.32 Å². The number of hydrogen-bond acceptors (Lipinski definition) is 1. The van der Waals surface area contributed by atoms with Crippen molar-refractivity contribution in [3.05, 3.63) is 34.9 Å². The van der Waals surface area contributed by atoms with E-state index in [1.807, 2.05) is 0 Å². The zero-order valence-corrected chi connectivity index (χ0v) is 10.9. The first-order valence-corrected chi connectivity index (χ1v) is 6.30. The van der Waals surface area contributed by atoms with Crippen LogP contribution in [0.2, 0.25) is 0 Å². The van der Waals surface area contributed by atoms with Gasteiger partial charge in [0.05, 0.1) is 0 Å². The number of benzene rings is 1. The lowest BCUT2D eigenvalue weighted by molar-refractivity contribution is 0.0993. The van der Waals surface area contributed by atoms with Crippen molar-refractivity contribution < 1.29 is 0 Å². The van der Waals surface area contributed by atoms with Gasteiger partial charge in [0.2, 0.25) is 0 Å². The highest BCUT2D eigenvalue weighted by Gasteiger charge is 2.39. The minimum atomic E-state index is 0.499. The van der Waals surface area contributed by atoms with Gasteiger partial charge in [0, 0.05) is 18.5 Å². The van der Waals surface area contributed by atoms with E-state index in [0.717, 1.165) is 5.92 Å². The third kappa shape index (κ3) is 2.01. The fourth-order valence-electron chi connectivity index (χ4n) is 2.55. The monoisotopic (exact) mass is 217 g/mol. The third-order valence-electron chi connectivity index (χ3n) is 4.23. The molecule has 1 aromatic rings.